The number of hydrogen-bond donors (Lipinski definition) is 0. The highest BCUT2D eigenvalue weighted by molar-refractivity contribution is 7.07. The van der Waals surface area contributed by atoms with E-state index in [9.17, 15) is 19.7 Å². The van der Waals surface area contributed by atoms with Gasteiger partial charge in [-0.2, -0.15) is 0 Å². The van der Waals surface area contributed by atoms with Crippen molar-refractivity contribution >= 4 is 29.1 Å². The van der Waals surface area contributed by atoms with E-state index in [1.54, 1.807) is 48.8 Å². The highest BCUT2D eigenvalue weighted by Gasteiger charge is 2.33. The maximum atomic E-state index is 13.8. The lowest BCUT2D eigenvalue weighted by molar-refractivity contribution is -0.384. The molecule has 9 nitrogen and oxygen atoms in total. The first-order valence-electron chi connectivity index (χ1n) is 13.9. The SMILES string of the molecule is CCOC(=O)C1=C(C)N=c2s/c(=C\c3ccc(OCc4ccc([N+](=O)[O-])cc4)cc3)c(=O)n2[C@H]1c1ccc(C(C)C)cc1. The third kappa shape index (κ3) is 6.34. The van der Waals surface area contributed by atoms with Gasteiger partial charge >= 0.3 is 5.97 Å². The second kappa shape index (κ2) is 12.6. The number of thiazole rings is 1. The summed E-state index contributed by atoms with van der Waals surface area (Å²) in [6.45, 7) is 8.23. The number of aromatic nitrogens is 1. The van der Waals surface area contributed by atoms with Gasteiger partial charge in [-0.05, 0) is 72.4 Å². The van der Waals surface area contributed by atoms with E-state index in [4.69, 9.17) is 9.47 Å². The molecule has 1 aliphatic rings. The van der Waals surface area contributed by atoms with Crippen LogP contribution in [0, 0.1) is 10.1 Å². The first-order valence-corrected chi connectivity index (χ1v) is 14.7. The van der Waals surface area contributed by atoms with Gasteiger partial charge in [0.15, 0.2) is 4.80 Å². The molecule has 43 heavy (non-hydrogen) atoms. The number of non-ortho nitro benzene ring substituents is 1. The Kier molecular flexibility index (Phi) is 8.68. The summed E-state index contributed by atoms with van der Waals surface area (Å²) in [4.78, 5) is 42.5. The van der Waals surface area contributed by atoms with Crippen LogP contribution < -0.4 is 19.6 Å². The average molecular weight is 598 g/mol. The Labute approximate surface area is 252 Å². The van der Waals surface area contributed by atoms with Gasteiger partial charge in [-0.15, -0.1) is 0 Å². The minimum Gasteiger partial charge on any atom is -0.489 e. The molecular weight excluding hydrogens is 566 g/mol. The molecule has 0 N–H and O–H groups in total. The predicted octanol–water partition coefficient (Wildman–Crippen LogP) is 5.41. The normalized spacial score (nSPS) is 14.8. The van der Waals surface area contributed by atoms with Gasteiger partial charge in [0, 0.05) is 12.1 Å². The van der Waals surface area contributed by atoms with Crippen molar-refractivity contribution in [3.05, 3.63) is 136 Å². The van der Waals surface area contributed by atoms with E-state index in [1.165, 1.54) is 23.5 Å². The standard InChI is InChI=1S/C33H31N3O6S/c1-5-41-32(38)29-21(4)34-33-35(30(29)25-12-10-24(11-13-25)20(2)3)31(37)28(43-33)18-22-8-16-27(17-9-22)42-19-23-6-14-26(15-7-23)36(39)40/h6-18,20,30H,5,19H2,1-4H3/b28-18-/t30-/m0/s1. The summed E-state index contributed by atoms with van der Waals surface area (Å²) < 4.78 is 13.3. The number of nitro groups is 1. The topological polar surface area (TPSA) is 113 Å². The molecular formula is C33H31N3O6S. The Morgan fingerprint density at radius 2 is 1.74 bits per heavy atom. The Bertz CT molecular complexity index is 1870. The van der Waals surface area contributed by atoms with Crippen LogP contribution in [-0.2, 0) is 16.1 Å². The molecule has 1 atom stereocenters. The van der Waals surface area contributed by atoms with E-state index in [0.717, 1.165) is 22.3 Å². The lowest BCUT2D eigenvalue weighted by atomic mass is 9.93. The summed E-state index contributed by atoms with van der Waals surface area (Å²) in [5.41, 5.74) is 4.24. The molecule has 2 heterocycles. The van der Waals surface area contributed by atoms with Gasteiger partial charge in [-0.1, -0.05) is 61.6 Å². The zero-order valence-electron chi connectivity index (χ0n) is 24.3. The molecule has 0 amide bonds. The summed E-state index contributed by atoms with van der Waals surface area (Å²) in [5, 5.41) is 10.9. The van der Waals surface area contributed by atoms with Crippen LogP contribution in [0.1, 0.15) is 61.9 Å². The molecule has 3 aromatic carbocycles. The molecule has 0 saturated carbocycles. The van der Waals surface area contributed by atoms with E-state index < -0.39 is 16.9 Å². The molecule has 0 saturated heterocycles. The van der Waals surface area contributed by atoms with E-state index in [0.29, 0.717) is 32.3 Å². The van der Waals surface area contributed by atoms with Crippen molar-refractivity contribution < 1.29 is 19.2 Å². The van der Waals surface area contributed by atoms with Crippen molar-refractivity contribution in [3.63, 3.8) is 0 Å². The van der Waals surface area contributed by atoms with Crippen molar-refractivity contribution in [3.8, 4) is 5.75 Å². The summed E-state index contributed by atoms with van der Waals surface area (Å²) >= 11 is 1.27. The molecule has 1 aliphatic heterocycles. The highest BCUT2D eigenvalue weighted by Crippen LogP contribution is 2.31. The lowest BCUT2D eigenvalue weighted by Gasteiger charge is -2.25. The predicted molar refractivity (Wildman–Crippen MR) is 165 cm³/mol. The second-order valence-corrected chi connectivity index (χ2v) is 11.4. The number of carbonyl (C=O) groups is 1. The lowest BCUT2D eigenvalue weighted by Crippen LogP contribution is -2.39. The van der Waals surface area contributed by atoms with Crippen molar-refractivity contribution in [2.45, 2.75) is 46.3 Å². The van der Waals surface area contributed by atoms with Crippen LogP contribution in [0.4, 0.5) is 5.69 Å². The molecule has 0 bridgehead atoms. The Morgan fingerprint density at radius 1 is 1.07 bits per heavy atom. The summed E-state index contributed by atoms with van der Waals surface area (Å²) in [6.07, 6.45) is 1.80. The average Bonchev–Trinajstić information content (AvgIpc) is 3.30. The number of nitro benzene ring substituents is 1. The molecule has 0 spiro atoms. The fraction of sp³-hybridized carbons (Fsp3) is 0.242. The van der Waals surface area contributed by atoms with Crippen molar-refractivity contribution in [2.75, 3.05) is 6.61 Å². The Hall–Kier alpha value is -4.83. The number of fused-ring (bicyclic) bond motifs is 1. The summed E-state index contributed by atoms with van der Waals surface area (Å²) in [6, 6.07) is 20.8. The van der Waals surface area contributed by atoms with Crippen molar-refractivity contribution in [2.24, 2.45) is 4.99 Å². The number of nitrogens with zero attached hydrogens (tertiary/aromatic N) is 3. The number of benzene rings is 3. The first kappa shape index (κ1) is 29.7. The molecule has 0 fully saturated rings. The van der Waals surface area contributed by atoms with Crippen molar-refractivity contribution in [1.29, 1.82) is 0 Å². The monoisotopic (exact) mass is 597 g/mol. The number of carbonyl (C=O) groups excluding carboxylic acids is 1. The molecule has 4 aromatic rings. The van der Waals surface area contributed by atoms with Crippen LogP contribution in [0.3, 0.4) is 0 Å². The third-order valence-electron chi connectivity index (χ3n) is 7.17. The smallest absolute Gasteiger partial charge is 0.338 e. The number of rotatable bonds is 9. The van der Waals surface area contributed by atoms with Gasteiger partial charge < -0.3 is 9.47 Å². The van der Waals surface area contributed by atoms with Crippen molar-refractivity contribution in [1.82, 2.24) is 4.57 Å². The second-order valence-electron chi connectivity index (χ2n) is 10.4. The van der Waals surface area contributed by atoms with Crippen LogP contribution in [-0.4, -0.2) is 22.1 Å². The fourth-order valence-electron chi connectivity index (χ4n) is 4.86. The minimum atomic E-state index is -0.658. The zero-order valence-corrected chi connectivity index (χ0v) is 25.1. The van der Waals surface area contributed by atoms with Gasteiger partial charge in [0.05, 0.1) is 33.4 Å². The van der Waals surface area contributed by atoms with Crippen LogP contribution in [0.5, 0.6) is 5.75 Å². The number of ether oxygens (including phenoxy) is 2. The Morgan fingerprint density at radius 3 is 2.35 bits per heavy atom. The van der Waals surface area contributed by atoms with E-state index in [-0.39, 0.29) is 24.5 Å². The van der Waals surface area contributed by atoms with E-state index in [1.807, 2.05) is 36.4 Å². The minimum absolute atomic E-state index is 0.0287. The number of esters is 1. The molecule has 5 rings (SSSR count). The van der Waals surface area contributed by atoms with Gasteiger partial charge in [0.1, 0.15) is 12.4 Å². The van der Waals surface area contributed by atoms with E-state index in [2.05, 4.69) is 18.8 Å². The van der Waals surface area contributed by atoms with Gasteiger partial charge in [0.2, 0.25) is 0 Å². The van der Waals surface area contributed by atoms with Crippen LogP contribution in [0.25, 0.3) is 6.08 Å². The Balaban J connectivity index is 1.45. The largest absolute Gasteiger partial charge is 0.489 e. The maximum Gasteiger partial charge on any atom is 0.338 e. The quantitative estimate of drug-likeness (QED) is 0.145. The first-order chi connectivity index (χ1) is 20.7. The van der Waals surface area contributed by atoms with Gasteiger partial charge in [-0.25, -0.2) is 9.79 Å². The molecule has 0 radical (unpaired) electrons. The summed E-state index contributed by atoms with van der Waals surface area (Å²) in [7, 11) is 0. The number of hydrogen-bond acceptors (Lipinski definition) is 8. The van der Waals surface area contributed by atoms with Crippen LogP contribution in [0.15, 0.2) is 93.9 Å². The van der Waals surface area contributed by atoms with Crippen LogP contribution >= 0.6 is 11.3 Å². The molecule has 10 heteroatoms. The molecule has 0 aliphatic carbocycles. The highest BCUT2D eigenvalue weighted by atomic mass is 32.1. The molecule has 0 unspecified atom stereocenters. The zero-order chi connectivity index (χ0) is 30.7. The van der Waals surface area contributed by atoms with Crippen LogP contribution in [0.2, 0.25) is 0 Å². The van der Waals surface area contributed by atoms with Gasteiger partial charge in [0.25, 0.3) is 11.2 Å². The fourth-order valence-corrected chi connectivity index (χ4v) is 5.91. The summed E-state index contributed by atoms with van der Waals surface area (Å²) in [5.74, 6) is 0.480. The van der Waals surface area contributed by atoms with E-state index >= 15 is 0 Å². The number of allylic oxidation sites excluding steroid dienone is 1. The van der Waals surface area contributed by atoms with Gasteiger partial charge in [-0.3, -0.25) is 19.5 Å². The maximum absolute atomic E-state index is 13.8. The molecule has 220 valence electrons. The molecule has 1 aromatic heterocycles. The third-order valence-corrected chi connectivity index (χ3v) is 8.15.